The van der Waals surface area contributed by atoms with Gasteiger partial charge in [0, 0.05) is 18.9 Å². The summed E-state index contributed by atoms with van der Waals surface area (Å²) in [6.45, 7) is 0.206. The molecule has 0 bridgehead atoms. The van der Waals surface area contributed by atoms with Crippen LogP contribution in [0.1, 0.15) is 36.8 Å². The first kappa shape index (κ1) is 11.0. The number of nitrogens with zero attached hydrogens (tertiary/aromatic N) is 1. The highest BCUT2D eigenvalue weighted by Gasteiger charge is 2.19. The molecule has 3 nitrogen and oxygen atoms in total. The van der Waals surface area contributed by atoms with E-state index < -0.39 is 0 Å². The number of aryl methyl sites for hydroxylation is 1. The average molecular weight is 227 g/mol. The van der Waals surface area contributed by atoms with Crippen molar-refractivity contribution in [2.45, 2.75) is 31.6 Å². The van der Waals surface area contributed by atoms with Crippen LogP contribution in [0.4, 0.5) is 0 Å². The topological polar surface area (TPSA) is 46.3 Å². The van der Waals surface area contributed by atoms with Crippen LogP contribution < -0.4 is 0 Å². The van der Waals surface area contributed by atoms with Gasteiger partial charge in [0.25, 0.3) is 0 Å². The molecular formula is C11H17NO2S. The Hall–Kier alpha value is -0.480. The third kappa shape index (κ3) is 2.98. The summed E-state index contributed by atoms with van der Waals surface area (Å²) in [6, 6.07) is 0. The maximum Gasteiger partial charge on any atom is 0.194 e. The van der Waals surface area contributed by atoms with Gasteiger partial charge < -0.3 is 9.52 Å². The zero-order chi connectivity index (χ0) is 10.5. The van der Waals surface area contributed by atoms with Gasteiger partial charge in [-0.1, -0.05) is 0 Å². The van der Waals surface area contributed by atoms with Crippen molar-refractivity contribution in [1.29, 1.82) is 0 Å². The van der Waals surface area contributed by atoms with Gasteiger partial charge in [-0.3, -0.25) is 0 Å². The second-order valence-electron chi connectivity index (χ2n) is 3.88. The second-order valence-corrected chi connectivity index (χ2v) is 5.10. The first-order valence-corrected chi connectivity index (χ1v) is 6.68. The normalized spacial score (nSPS) is 18.2. The minimum Gasteiger partial charge on any atom is -0.449 e. The SMILES string of the molecule is OCCCc1nc(C2CCSCC2)co1. The van der Waals surface area contributed by atoms with E-state index in [0.717, 1.165) is 24.4 Å². The summed E-state index contributed by atoms with van der Waals surface area (Å²) < 4.78 is 5.39. The van der Waals surface area contributed by atoms with Gasteiger partial charge in [0.1, 0.15) is 6.26 Å². The van der Waals surface area contributed by atoms with Crippen LogP contribution in [0, 0.1) is 0 Å². The number of hydrogen-bond acceptors (Lipinski definition) is 4. The minimum absolute atomic E-state index is 0.206. The van der Waals surface area contributed by atoms with Crippen molar-refractivity contribution in [2.75, 3.05) is 18.1 Å². The van der Waals surface area contributed by atoms with E-state index in [9.17, 15) is 0 Å². The lowest BCUT2D eigenvalue weighted by atomic mass is 10.00. The number of thioether (sulfide) groups is 1. The van der Waals surface area contributed by atoms with Gasteiger partial charge in [-0.25, -0.2) is 4.98 Å². The van der Waals surface area contributed by atoms with Crippen LogP contribution >= 0.6 is 11.8 Å². The lowest BCUT2D eigenvalue weighted by Crippen LogP contribution is -2.08. The summed E-state index contributed by atoms with van der Waals surface area (Å²) >= 11 is 2.02. The van der Waals surface area contributed by atoms with Crippen LogP contribution in [0.15, 0.2) is 10.7 Å². The van der Waals surface area contributed by atoms with E-state index in [4.69, 9.17) is 9.52 Å². The Bertz CT molecular complexity index is 295. The van der Waals surface area contributed by atoms with Gasteiger partial charge in [0.05, 0.1) is 5.69 Å². The summed E-state index contributed by atoms with van der Waals surface area (Å²) in [5.74, 6) is 3.85. The third-order valence-corrected chi connectivity index (χ3v) is 3.81. The fourth-order valence-corrected chi connectivity index (χ4v) is 2.96. The fraction of sp³-hybridized carbons (Fsp3) is 0.727. The Morgan fingerprint density at radius 2 is 2.27 bits per heavy atom. The van der Waals surface area contributed by atoms with E-state index in [1.54, 1.807) is 6.26 Å². The monoisotopic (exact) mass is 227 g/mol. The molecule has 0 spiro atoms. The quantitative estimate of drug-likeness (QED) is 0.856. The molecular weight excluding hydrogens is 210 g/mol. The molecule has 0 unspecified atom stereocenters. The molecule has 0 aliphatic carbocycles. The molecule has 4 heteroatoms. The van der Waals surface area contributed by atoms with Crippen molar-refractivity contribution >= 4 is 11.8 Å². The van der Waals surface area contributed by atoms with Gasteiger partial charge >= 0.3 is 0 Å². The lowest BCUT2D eigenvalue weighted by molar-refractivity contribution is 0.283. The van der Waals surface area contributed by atoms with E-state index in [2.05, 4.69) is 4.98 Å². The predicted octanol–water partition coefficient (Wildman–Crippen LogP) is 2.21. The second kappa shape index (κ2) is 5.56. The van der Waals surface area contributed by atoms with Gasteiger partial charge in [-0.05, 0) is 30.8 Å². The Kier molecular flexibility index (Phi) is 4.09. The van der Waals surface area contributed by atoms with Crippen molar-refractivity contribution in [3.63, 3.8) is 0 Å². The molecule has 84 valence electrons. The smallest absolute Gasteiger partial charge is 0.194 e. The van der Waals surface area contributed by atoms with Gasteiger partial charge in [-0.15, -0.1) is 0 Å². The van der Waals surface area contributed by atoms with Crippen LogP contribution in [0.25, 0.3) is 0 Å². The van der Waals surface area contributed by atoms with Gasteiger partial charge in [0.2, 0.25) is 0 Å². The summed E-state index contributed by atoms with van der Waals surface area (Å²) in [5, 5.41) is 8.71. The molecule has 1 saturated heterocycles. The predicted molar refractivity (Wildman–Crippen MR) is 61.2 cm³/mol. The average Bonchev–Trinajstić information content (AvgIpc) is 2.76. The van der Waals surface area contributed by atoms with Crippen LogP contribution in [0.5, 0.6) is 0 Å². The molecule has 1 aliphatic heterocycles. The number of rotatable bonds is 4. The van der Waals surface area contributed by atoms with E-state index in [1.807, 2.05) is 11.8 Å². The fourth-order valence-electron chi connectivity index (χ4n) is 1.85. The summed E-state index contributed by atoms with van der Waals surface area (Å²) in [7, 11) is 0. The maximum atomic E-state index is 8.71. The molecule has 2 rings (SSSR count). The maximum absolute atomic E-state index is 8.71. The Balaban J connectivity index is 1.93. The van der Waals surface area contributed by atoms with Crippen molar-refractivity contribution < 1.29 is 9.52 Å². The van der Waals surface area contributed by atoms with Crippen LogP contribution in [-0.4, -0.2) is 28.2 Å². The first-order valence-electron chi connectivity index (χ1n) is 5.53. The molecule has 0 atom stereocenters. The van der Waals surface area contributed by atoms with E-state index in [-0.39, 0.29) is 6.61 Å². The number of oxazole rings is 1. The highest BCUT2D eigenvalue weighted by atomic mass is 32.2. The molecule has 2 heterocycles. The van der Waals surface area contributed by atoms with E-state index in [1.165, 1.54) is 24.3 Å². The van der Waals surface area contributed by atoms with E-state index >= 15 is 0 Å². The Labute approximate surface area is 94.3 Å². The number of aromatic nitrogens is 1. The van der Waals surface area contributed by atoms with Crippen LogP contribution in [0.3, 0.4) is 0 Å². The van der Waals surface area contributed by atoms with Crippen molar-refractivity contribution in [2.24, 2.45) is 0 Å². The number of hydrogen-bond donors (Lipinski definition) is 1. The Morgan fingerprint density at radius 1 is 1.47 bits per heavy atom. The molecule has 0 aromatic carbocycles. The summed E-state index contributed by atoms with van der Waals surface area (Å²) in [6.07, 6.45) is 5.72. The van der Waals surface area contributed by atoms with Crippen molar-refractivity contribution in [1.82, 2.24) is 4.98 Å². The standard InChI is InChI=1S/C11H17NO2S/c13-5-1-2-11-12-10(8-14-11)9-3-6-15-7-4-9/h8-9,13H,1-7H2. The van der Waals surface area contributed by atoms with Crippen molar-refractivity contribution in [3.8, 4) is 0 Å². The number of aliphatic hydroxyl groups excluding tert-OH is 1. The molecule has 1 aromatic heterocycles. The van der Waals surface area contributed by atoms with Gasteiger partial charge in [-0.2, -0.15) is 11.8 Å². The summed E-state index contributed by atoms with van der Waals surface area (Å²) in [5.41, 5.74) is 1.11. The third-order valence-electron chi connectivity index (χ3n) is 2.76. The molecule has 1 fully saturated rings. The molecule has 1 aliphatic rings. The highest BCUT2D eigenvalue weighted by Crippen LogP contribution is 2.30. The first-order chi connectivity index (χ1) is 7.40. The zero-order valence-electron chi connectivity index (χ0n) is 8.82. The molecule has 0 amide bonds. The lowest BCUT2D eigenvalue weighted by Gasteiger charge is -2.18. The molecule has 15 heavy (non-hydrogen) atoms. The zero-order valence-corrected chi connectivity index (χ0v) is 9.63. The highest BCUT2D eigenvalue weighted by molar-refractivity contribution is 7.99. The summed E-state index contributed by atoms with van der Waals surface area (Å²) in [4.78, 5) is 4.48. The van der Waals surface area contributed by atoms with Crippen molar-refractivity contribution in [3.05, 3.63) is 17.8 Å². The van der Waals surface area contributed by atoms with E-state index in [0.29, 0.717) is 5.92 Å². The molecule has 0 saturated carbocycles. The Morgan fingerprint density at radius 3 is 3.00 bits per heavy atom. The molecule has 0 radical (unpaired) electrons. The molecule has 1 aromatic rings. The molecule has 1 N–H and O–H groups in total. The minimum atomic E-state index is 0.206. The largest absolute Gasteiger partial charge is 0.449 e. The van der Waals surface area contributed by atoms with Crippen LogP contribution in [-0.2, 0) is 6.42 Å². The van der Waals surface area contributed by atoms with Gasteiger partial charge in [0.15, 0.2) is 5.89 Å². The van der Waals surface area contributed by atoms with Crippen LogP contribution in [0.2, 0.25) is 0 Å². The number of aliphatic hydroxyl groups is 1.